The van der Waals surface area contributed by atoms with Crippen molar-refractivity contribution in [3.8, 4) is 0 Å². The van der Waals surface area contributed by atoms with Gasteiger partial charge < -0.3 is 5.32 Å². The van der Waals surface area contributed by atoms with Gasteiger partial charge in [-0.1, -0.05) is 12.1 Å². The summed E-state index contributed by atoms with van der Waals surface area (Å²) in [5, 5.41) is 6.02. The van der Waals surface area contributed by atoms with Crippen LogP contribution < -0.4 is 5.32 Å². The van der Waals surface area contributed by atoms with Gasteiger partial charge in [0.25, 0.3) is 0 Å². The number of amides is 1. The quantitative estimate of drug-likeness (QED) is 0.943. The molecule has 94 valence electrons. The van der Waals surface area contributed by atoms with Gasteiger partial charge in [-0.2, -0.15) is 4.98 Å². The maximum atomic E-state index is 13.3. The highest BCUT2D eigenvalue weighted by Gasteiger charge is 2.11. The summed E-state index contributed by atoms with van der Waals surface area (Å²) in [7, 11) is 0. The van der Waals surface area contributed by atoms with Crippen LogP contribution in [0.3, 0.4) is 0 Å². The first-order valence-electron chi connectivity index (χ1n) is 4.86. The Morgan fingerprint density at radius 3 is 2.72 bits per heavy atom. The number of hydrogen-bond acceptors (Lipinski definition) is 3. The molecule has 0 aliphatic carbocycles. The fourth-order valence-electron chi connectivity index (χ4n) is 1.29. The van der Waals surface area contributed by atoms with E-state index in [2.05, 4.69) is 15.4 Å². The van der Waals surface area contributed by atoms with Crippen LogP contribution in [0, 0.1) is 5.82 Å². The molecule has 0 saturated heterocycles. The SMILES string of the molecule is O=C(Cn1nc(Cl)nc1Cl)Nc1ccccc1F. The first-order chi connectivity index (χ1) is 8.56. The molecule has 0 atom stereocenters. The first kappa shape index (κ1) is 12.8. The zero-order valence-corrected chi connectivity index (χ0v) is 10.4. The van der Waals surface area contributed by atoms with Crippen molar-refractivity contribution in [1.29, 1.82) is 0 Å². The standard InChI is InChI=1S/C10H7Cl2FN4O/c11-9-15-10(12)17(16-9)5-8(18)14-7-4-2-1-3-6(7)13/h1-4H,5H2,(H,14,18). The number of nitrogens with zero attached hydrogens (tertiary/aromatic N) is 3. The fraction of sp³-hybridized carbons (Fsp3) is 0.100. The smallest absolute Gasteiger partial charge is 0.246 e. The van der Waals surface area contributed by atoms with E-state index in [1.54, 1.807) is 6.07 Å². The lowest BCUT2D eigenvalue weighted by Crippen LogP contribution is -2.20. The summed E-state index contributed by atoms with van der Waals surface area (Å²) in [4.78, 5) is 15.2. The zero-order chi connectivity index (χ0) is 13.1. The lowest BCUT2D eigenvalue weighted by molar-refractivity contribution is -0.116. The van der Waals surface area contributed by atoms with Crippen LogP contribution in [0.1, 0.15) is 0 Å². The fourth-order valence-corrected chi connectivity index (χ4v) is 1.68. The molecule has 0 spiro atoms. The minimum Gasteiger partial charge on any atom is -0.322 e. The summed E-state index contributed by atoms with van der Waals surface area (Å²) in [5.74, 6) is -1.00. The second kappa shape index (κ2) is 5.32. The second-order valence-electron chi connectivity index (χ2n) is 3.34. The van der Waals surface area contributed by atoms with Gasteiger partial charge in [-0.25, -0.2) is 9.07 Å². The maximum absolute atomic E-state index is 13.3. The van der Waals surface area contributed by atoms with Gasteiger partial charge in [0.15, 0.2) is 0 Å². The Balaban J connectivity index is 2.06. The highest BCUT2D eigenvalue weighted by Crippen LogP contribution is 2.13. The monoisotopic (exact) mass is 288 g/mol. The van der Waals surface area contributed by atoms with Crippen LogP contribution >= 0.6 is 23.2 Å². The molecule has 8 heteroatoms. The van der Waals surface area contributed by atoms with E-state index in [0.29, 0.717) is 0 Å². The molecule has 0 aliphatic rings. The number of rotatable bonds is 3. The van der Waals surface area contributed by atoms with Gasteiger partial charge in [0.2, 0.25) is 16.5 Å². The highest BCUT2D eigenvalue weighted by molar-refractivity contribution is 6.31. The number of aromatic nitrogens is 3. The summed E-state index contributed by atoms with van der Waals surface area (Å²) in [6, 6.07) is 5.83. The van der Waals surface area contributed by atoms with Crippen LogP contribution in [0.4, 0.5) is 10.1 Å². The van der Waals surface area contributed by atoms with Crippen molar-refractivity contribution in [1.82, 2.24) is 14.8 Å². The average molecular weight is 289 g/mol. The minimum atomic E-state index is -0.520. The largest absolute Gasteiger partial charge is 0.322 e. The van der Waals surface area contributed by atoms with Gasteiger partial charge >= 0.3 is 0 Å². The predicted molar refractivity (Wildman–Crippen MR) is 65.1 cm³/mol. The van der Waals surface area contributed by atoms with Gasteiger partial charge in [0.05, 0.1) is 5.69 Å². The Morgan fingerprint density at radius 1 is 1.39 bits per heavy atom. The predicted octanol–water partition coefficient (Wildman–Crippen LogP) is 2.36. The van der Waals surface area contributed by atoms with Crippen molar-refractivity contribution in [2.75, 3.05) is 5.32 Å². The third-order valence-corrected chi connectivity index (χ3v) is 2.48. The number of anilines is 1. The van der Waals surface area contributed by atoms with E-state index in [0.717, 1.165) is 4.68 Å². The molecule has 0 unspecified atom stereocenters. The number of benzene rings is 1. The van der Waals surface area contributed by atoms with E-state index in [4.69, 9.17) is 23.2 Å². The normalized spacial score (nSPS) is 10.4. The molecule has 5 nitrogen and oxygen atoms in total. The molecule has 0 saturated carbocycles. The topological polar surface area (TPSA) is 59.8 Å². The number of nitrogens with one attached hydrogen (secondary N) is 1. The number of halogens is 3. The summed E-state index contributed by atoms with van der Waals surface area (Å²) < 4.78 is 14.4. The maximum Gasteiger partial charge on any atom is 0.246 e. The molecule has 1 aromatic heterocycles. The van der Waals surface area contributed by atoms with Crippen molar-refractivity contribution in [2.45, 2.75) is 6.54 Å². The van der Waals surface area contributed by atoms with Crippen LogP contribution in [0.5, 0.6) is 0 Å². The highest BCUT2D eigenvalue weighted by atomic mass is 35.5. The van der Waals surface area contributed by atoms with E-state index < -0.39 is 11.7 Å². The molecular weight excluding hydrogens is 282 g/mol. The zero-order valence-electron chi connectivity index (χ0n) is 8.90. The third-order valence-electron chi connectivity index (χ3n) is 2.04. The summed E-state index contributed by atoms with van der Waals surface area (Å²) in [6.07, 6.45) is 0. The number of hydrogen-bond donors (Lipinski definition) is 1. The molecule has 0 bridgehead atoms. The van der Waals surface area contributed by atoms with Gasteiger partial charge in [-0.05, 0) is 35.3 Å². The van der Waals surface area contributed by atoms with Gasteiger partial charge in [0.1, 0.15) is 12.4 Å². The Morgan fingerprint density at radius 2 is 2.11 bits per heavy atom. The van der Waals surface area contributed by atoms with E-state index in [9.17, 15) is 9.18 Å². The molecule has 2 aromatic rings. The molecule has 2 rings (SSSR count). The van der Waals surface area contributed by atoms with Crippen molar-refractivity contribution in [3.05, 3.63) is 40.6 Å². The second-order valence-corrected chi connectivity index (χ2v) is 4.01. The number of carbonyl (C=O) groups excluding carboxylic acids is 1. The van der Waals surface area contributed by atoms with Crippen LogP contribution in [-0.2, 0) is 11.3 Å². The van der Waals surface area contributed by atoms with Crippen molar-refractivity contribution in [3.63, 3.8) is 0 Å². The van der Waals surface area contributed by atoms with Crippen molar-refractivity contribution >= 4 is 34.8 Å². The average Bonchev–Trinajstić information content (AvgIpc) is 2.61. The first-order valence-corrected chi connectivity index (χ1v) is 5.62. The lowest BCUT2D eigenvalue weighted by Gasteiger charge is -2.06. The Hall–Kier alpha value is -1.66. The number of carbonyl (C=O) groups is 1. The van der Waals surface area contributed by atoms with Gasteiger partial charge in [-0.15, -0.1) is 5.10 Å². The molecule has 18 heavy (non-hydrogen) atoms. The molecule has 1 aromatic carbocycles. The summed E-state index contributed by atoms with van der Waals surface area (Å²) >= 11 is 11.2. The van der Waals surface area contributed by atoms with Crippen molar-refractivity contribution < 1.29 is 9.18 Å². The molecule has 0 aliphatic heterocycles. The molecule has 0 radical (unpaired) electrons. The summed E-state index contributed by atoms with van der Waals surface area (Å²) in [5.41, 5.74) is 0.0878. The van der Waals surface area contributed by atoms with E-state index >= 15 is 0 Å². The summed E-state index contributed by atoms with van der Waals surface area (Å²) in [6.45, 7) is -0.202. The molecule has 1 N–H and O–H groups in total. The Kier molecular flexibility index (Phi) is 3.78. The Bertz CT molecular complexity index is 587. The van der Waals surface area contributed by atoms with Gasteiger partial charge in [-0.3, -0.25) is 4.79 Å². The minimum absolute atomic E-state index is 0.0105. The molecule has 1 heterocycles. The number of para-hydroxylation sites is 1. The molecule has 1 amide bonds. The van der Waals surface area contributed by atoms with E-state index in [1.807, 2.05) is 0 Å². The van der Waals surface area contributed by atoms with E-state index in [-0.39, 0.29) is 22.8 Å². The van der Waals surface area contributed by atoms with Crippen LogP contribution in [-0.4, -0.2) is 20.7 Å². The van der Waals surface area contributed by atoms with Crippen LogP contribution in [0.25, 0.3) is 0 Å². The van der Waals surface area contributed by atoms with Crippen molar-refractivity contribution in [2.24, 2.45) is 0 Å². The molecule has 0 fully saturated rings. The van der Waals surface area contributed by atoms with Crippen LogP contribution in [0.2, 0.25) is 10.6 Å². The lowest BCUT2D eigenvalue weighted by atomic mass is 10.3. The third kappa shape index (κ3) is 2.96. The van der Waals surface area contributed by atoms with Gasteiger partial charge in [0, 0.05) is 0 Å². The molecular formula is C10H7Cl2FN4O. The van der Waals surface area contributed by atoms with E-state index in [1.165, 1.54) is 18.2 Å². The Labute approximate surface area is 112 Å². The van der Waals surface area contributed by atoms with Crippen LogP contribution in [0.15, 0.2) is 24.3 Å².